The molecule has 0 saturated heterocycles. The number of carbonyl (C=O) groups is 2. The van der Waals surface area contributed by atoms with Gasteiger partial charge < -0.3 is 29.1 Å². The lowest BCUT2D eigenvalue weighted by Gasteiger charge is -2.35. The van der Waals surface area contributed by atoms with E-state index in [0.717, 1.165) is 16.7 Å². The number of amides is 2. The Hall–Kier alpha value is -3.88. The summed E-state index contributed by atoms with van der Waals surface area (Å²) in [6, 6.07) is 21.8. The Balaban J connectivity index is 1.62. The summed E-state index contributed by atoms with van der Waals surface area (Å²) in [6.07, 6.45) is -0.927. The van der Waals surface area contributed by atoms with Crippen LogP contribution in [0.5, 0.6) is 11.5 Å². The minimum Gasteiger partial charge on any atom is -0.497 e. The Kier molecular flexibility index (Phi) is 9.22. The predicted molar refractivity (Wildman–Crippen MR) is 149 cm³/mol. The van der Waals surface area contributed by atoms with Crippen molar-refractivity contribution in [2.45, 2.75) is 32.6 Å². The van der Waals surface area contributed by atoms with Crippen LogP contribution in [0.15, 0.2) is 72.8 Å². The molecule has 3 aromatic carbocycles. The SMILES string of the molecule is COc1ccc(OC(=O)N(C)C[C@@H]2OCc3ccccc3-c3ccccc3C(=O)N([C@@H](C)CO)C[C@@H]2C)cc1. The van der Waals surface area contributed by atoms with Crippen LogP contribution in [0.25, 0.3) is 11.1 Å². The van der Waals surface area contributed by atoms with E-state index in [1.54, 1.807) is 43.3 Å². The van der Waals surface area contributed by atoms with Crippen LogP contribution in [0.1, 0.15) is 29.8 Å². The molecule has 3 atom stereocenters. The molecule has 0 fully saturated rings. The number of hydrogen-bond acceptors (Lipinski definition) is 6. The number of benzene rings is 3. The molecule has 206 valence electrons. The van der Waals surface area contributed by atoms with Crippen molar-refractivity contribution < 1.29 is 28.9 Å². The second-order valence-corrected chi connectivity index (χ2v) is 9.94. The minimum absolute atomic E-state index is 0.151. The van der Waals surface area contributed by atoms with Gasteiger partial charge in [-0.2, -0.15) is 0 Å². The van der Waals surface area contributed by atoms with Crippen molar-refractivity contribution in [1.29, 1.82) is 0 Å². The molecule has 3 aromatic rings. The molecular weight excluding hydrogens is 496 g/mol. The molecule has 0 aromatic heterocycles. The molecule has 0 bridgehead atoms. The largest absolute Gasteiger partial charge is 0.497 e. The maximum absolute atomic E-state index is 13.9. The molecule has 0 spiro atoms. The third-order valence-corrected chi connectivity index (χ3v) is 7.12. The first-order valence-electron chi connectivity index (χ1n) is 13.1. The van der Waals surface area contributed by atoms with Crippen LogP contribution in [-0.4, -0.2) is 72.9 Å². The van der Waals surface area contributed by atoms with Gasteiger partial charge in [-0.1, -0.05) is 49.4 Å². The number of rotatable bonds is 6. The Morgan fingerprint density at radius 2 is 1.64 bits per heavy atom. The highest BCUT2D eigenvalue weighted by molar-refractivity contribution is 6.01. The van der Waals surface area contributed by atoms with Crippen molar-refractivity contribution in [3.8, 4) is 22.6 Å². The maximum Gasteiger partial charge on any atom is 0.415 e. The van der Waals surface area contributed by atoms with E-state index in [1.165, 1.54) is 4.90 Å². The van der Waals surface area contributed by atoms with Gasteiger partial charge in [0.1, 0.15) is 11.5 Å². The molecular formula is C31H36N2O6. The number of nitrogens with zero attached hydrogens (tertiary/aromatic N) is 2. The molecule has 8 nitrogen and oxygen atoms in total. The topological polar surface area (TPSA) is 88.5 Å². The molecule has 4 rings (SSSR count). The summed E-state index contributed by atoms with van der Waals surface area (Å²) in [5, 5.41) is 10.00. The standard InChI is InChI=1S/C31H36N2O6/c1-21-17-33(22(2)19-34)30(35)28-12-8-7-11-27(28)26-10-6-5-9-23(26)20-38-29(21)18-32(3)31(36)39-25-15-13-24(37-4)14-16-25/h5-16,21-22,29,34H,17-20H2,1-4H3/t21-,22-,29-/m0/s1. The number of likely N-dealkylation sites (N-methyl/N-ethyl adjacent to an activating group) is 1. The molecule has 1 aliphatic heterocycles. The quantitative estimate of drug-likeness (QED) is 0.488. The highest BCUT2D eigenvalue weighted by Gasteiger charge is 2.31. The second-order valence-electron chi connectivity index (χ2n) is 9.94. The molecule has 1 heterocycles. The van der Waals surface area contributed by atoms with Gasteiger partial charge >= 0.3 is 6.09 Å². The van der Waals surface area contributed by atoms with Crippen LogP contribution >= 0.6 is 0 Å². The molecule has 39 heavy (non-hydrogen) atoms. The van der Waals surface area contributed by atoms with Gasteiger partial charge in [-0.25, -0.2) is 4.79 Å². The highest BCUT2D eigenvalue weighted by atomic mass is 16.6. The van der Waals surface area contributed by atoms with E-state index in [9.17, 15) is 14.7 Å². The predicted octanol–water partition coefficient (Wildman–Crippen LogP) is 4.85. The van der Waals surface area contributed by atoms with Crippen LogP contribution in [0.4, 0.5) is 4.79 Å². The van der Waals surface area contributed by atoms with Gasteiger partial charge in [0.2, 0.25) is 0 Å². The second kappa shape index (κ2) is 12.8. The lowest BCUT2D eigenvalue weighted by molar-refractivity contribution is -0.0205. The zero-order chi connectivity index (χ0) is 27.9. The molecule has 0 unspecified atom stereocenters. The zero-order valence-electron chi connectivity index (χ0n) is 22.9. The third-order valence-electron chi connectivity index (χ3n) is 7.12. The van der Waals surface area contributed by atoms with Crippen molar-refractivity contribution in [1.82, 2.24) is 9.80 Å². The molecule has 0 radical (unpaired) electrons. The van der Waals surface area contributed by atoms with Crippen molar-refractivity contribution in [2.75, 3.05) is 33.9 Å². The third kappa shape index (κ3) is 6.58. The summed E-state index contributed by atoms with van der Waals surface area (Å²) in [5.74, 6) is 0.768. The van der Waals surface area contributed by atoms with E-state index in [-0.39, 0.29) is 25.0 Å². The zero-order valence-corrected chi connectivity index (χ0v) is 22.9. The van der Waals surface area contributed by atoms with E-state index in [0.29, 0.717) is 30.2 Å². The molecule has 1 aliphatic rings. The van der Waals surface area contributed by atoms with Crippen LogP contribution in [0.3, 0.4) is 0 Å². The summed E-state index contributed by atoms with van der Waals surface area (Å²) in [6.45, 7) is 4.56. The molecule has 8 heteroatoms. The number of fused-ring (bicyclic) bond motifs is 3. The summed E-state index contributed by atoms with van der Waals surface area (Å²) < 4.78 is 17.2. The van der Waals surface area contributed by atoms with Crippen LogP contribution in [-0.2, 0) is 11.3 Å². The van der Waals surface area contributed by atoms with Gasteiger partial charge in [-0.3, -0.25) is 4.79 Å². The number of methoxy groups -OCH3 is 1. The van der Waals surface area contributed by atoms with Crippen molar-refractivity contribution in [2.24, 2.45) is 5.92 Å². The average Bonchev–Trinajstić information content (AvgIpc) is 2.98. The summed E-state index contributed by atoms with van der Waals surface area (Å²) in [7, 11) is 3.24. The molecule has 1 N–H and O–H groups in total. The van der Waals surface area contributed by atoms with Gasteiger partial charge in [0.25, 0.3) is 5.91 Å². The Morgan fingerprint density at radius 1 is 1.03 bits per heavy atom. The summed E-state index contributed by atoms with van der Waals surface area (Å²) in [5.41, 5.74) is 3.26. The fraction of sp³-hybridized carbons (Fsp3) is 0.355. The first kappa shape index (κ1) is 28.1. The Bertz CT molecular complexity index is 1280. The lowest BCUT2D eigenvalue weighted by Crippen LogP contribution is -2.47. The lowest BCUT2D eigenvalue weighted by atomic mass is 9.94. The smallest absolute Gasteiger partial charge is 0.415 e. The monoisotopic (exact) mass is 532 g/mol. The minimum atomic E-state index is -0.519. The number of aliphatic hydroxyl groups is 1. The normalized spacial score (nSPS) is 18.3. The Labute approximate surface area is 229 Å². The van der Waals surface area contributed by atoms with Gasteiger partial charge in [-0.05, 0) is 53.9 Å². The van der Waals surface area contributed by atoms with E-state index in [4.69, 9.17) is 14.2 Å². The van der Waals surface area contributed by atoms with Crippen molar-refractivity contribution >= 4 is 12.0 Å². The fourth-order valence-corrected chi connectivity index (χ4v) is 4.72. The van der Waals surface area contributed by atoms with Gasteiger partial charge in [0.05, 0.1) is 39.0 Å². The van der Waals surface area contributed by atoms with E-state index >= 15 is 0 Å². The molecule has 2 amide bonds. The van der Waals surface area contributed by atoms with Crippen LogP contribution < -0.4 is 9.47 Å². The molecule has 0 saturated carbocycles. The van der Waals surface area contributed by atoms with Gasteiger partial charge in [-0.15, -0.1) is 0 Å². The fourth-order valence-electron chi connectivity index (χ4n) is 4.72. The summed E-state index contributed by atoms with van der Waals surface area (Å²) in [4.78, 5) is 30.0. The van der Waals surface area contributed by atoms with Gasteiger partial charge in [0.15, 0.2) is 0 Å². The van der Waals surface area contributed by atoms with E-state index in [2.05, 4.69) is 0 Å². The van der Waals surface area contributed by atoms with Crippen LogP contribution in [0, 0.1) is 5.92 Å². The first-order valence-corrected chi connectivity index (χ1v) is 13.1. The number of aliphatic hydroxyl groups excluding tert-OH is 1. The molecule has 0 aliphatic carbocycles. The van der Waals surface area contributed by atoms with Crippen molar-refractivity contribution in [3.05, 3.63) is 83.9 Å². The maximum atomic E-state index is 13.9. The number of ether oxygens (including phenoxy) is 3. The summed E-state index contributed by atoms with van der Waals surface area (Å²) >= 11 is 0. The van der Waals surface area contributed by atoms with E-state index in [1.807, 2.05) is 62.4 Å². The average molecular weight is 533 g/mol. The van der Waals surface area contributed by atoms with Crippen molar-refractivity contribution in [3.63, 3.8) is 0 Å². The van der Waals surface area contributed by atoms with Gasteiger partial charge in [0, 0.05) is 25.1 Å². The van der Waals surface area contributed by atoms with Crippen LogP contribution in [0.2, 0.25) is 0 Å². The highest BCUT2D eigenvalue weighted by Crippen LogP contribution is 2.31. The number of hydrogen-bond donors (Lipinski definition) is 1. The van der Waals surface area contributed by atoms with E-state index < -0.39 is 18.2 Å². The number of carbonyl (C=O) groups excluding carboxylic acids is 2. The first-order chi connectivity index (χ1) is 18.8. The Morgan fingerprint density at radius 3 is 2.31 bits per heavy atom.